The van der Waals surface area contributed by atoms with E-state index in [2.05, 4.69) is 15.8 Å². The van der Waals surface area contributed by atoms with Crippen LogP contribution in [0, 0.1) is 10.1 Å². The number of nitrogens with zero attached hydrogens (tertiary/aromatic N) is 2. The molecule has 11 heteroatoms. The number of nitrogens with one attached hydrogen (secondary N) is 2. The molecule has 3 aromatic carbocycles. The van der Waals surface area contributed by atoms with Crippen molar-refractivity contribution in [3.8, 4) is 5.75 Å². The number of rotatable bonds is 8. The molecule has 0 aliphatic heterocycles. The summed E-state index contributed by atoms with van der Waals surface area (Å²) < 4.78 is 5.56. The van der Waals surface area contributed by atoms with Gasteiger partial charge in [-0.25, -0.2) is 5.43 Å². The number of anilines is 1. The Morgan fingerprint density at radius 3 is 2.61 bits per heavy atom. The molecule has 3 rings (SSSR count). The highest BCUT2D eigenvalue weighted by atomic mass is 35.5. The van der Waals surface area contributed by atoms with E-state index in [9.17, 15) is 19.7 Å². The van der Waals surface area contributed by atoms with E-state index in [1.165, 1.54) is 30.5 Å². The number of benzene rings is 3. The molecule has 0 heterocycles. The SMILES string of the molecule is O=C(COc1ccc(Cl)cc1/C=N/NC(=O)c1cccc([N+](=O)[O-])c1)Nc1ccccc1Cl. The number of nitro groups is 1. The summed E-state index contributed by atoms with van der Waals surface area (Å²) in [7, 11) is 0. The normalized spacial score (nSPS) is 10.6. The predicted octanol–water partition coefficient (Wildman–Crippen LogP) is 4.68. The van der Waals surface area contributed by atoms with Crippen molar-refractivity contribution in [1.29, 1.82) is 0 Å². The molecule has 0 saturated carbocycles. The van der Waals surface area contributed by atoms with Crippen LogP contribution in [0.15, 0.2) is 71.8 Å². The average Bonchev–Trinajstić information content (AvgIpc) is 2.80. The van der Waals surface area contributed by atoms with Gasteiger partial charge in [0.15, 0.2) is 6.61 Å². The number of para-hydroxylation sites is 1. The smallest absolute Gasteiger partial charge is 0.271 e. The number of non-ortho nitro benzene ring substituents is 1. The van der Waals surface area contributed by atoms with Gasteiger partial charge in [-0.3, -0.25) is 19.7 Å². The fraction of sp³-hybridized carbons (Fsp3) is 0.0455. The van der Waals surface area contributed by atoms with Crippen LogP contribution in [-0.4, -0.2) is 29.6 Å². The summed E-state index contributed by atoms with van der Waals surface area (Å²) in [5.74, 6) is -0.777. The van der Waals surface area contributed by atoms with Crippen LogP contribution < -0.4 is 15.5 Å². The Balaban J connectivity index is 1.64. The molecule has 2 amide bonds. The third-order valence-corrected chi connectivity index (χ3v) is 4.73. The number of ether oxygens (including phenoxy) is 1. The van der Waals surface area contributed by atoms with Gasteiger partial charge in [-0.05, 0) is 36.4 Å². The maximum atomic E-state index is 12.2. The van der Waals surface area contributed by atoms with Gasteiger partial charge in [-0.1, -0.05) is 41.4 Å². The molecule has 0 aromatic heterocycles. The van der Waals surface area contributed by atoms with Crippen molar-refractivity contribution in [1.82, 2.24) is 5.43 Å². The third kappa shape index (κ3) is 6.76. The Labute approximate surface area is 198 Å². The highest BCUT2D eigenvalue weighted by molar-refractivity contribution is 6.33. The van der Waals surface area contributed by atoms with Gasteiger partial charge in [0.25, 0.3) is 17.5 Å². The first-order chi connectivity index (χ1) is 15.8. The van der Waals surface area contributed by atoms with E-state index in [1.54, 1.807) is 36.4 Å². The molecule has 0 fully saturated rings. The second-order valence-electron chi connectivity index (χ2n) is 6.51. The van der Waals surface area contributed by atoms with Crippen molar-refractivity contribution in [2.24, 2.45) is 5.10 Å². The standard InChI is InChI=1S/C22H16Cl2N4O5/c23-16-8-9-20(33-13-21(29)26-19-7-2-1-6-18(19)24)15(10-16)12-25-27-22(30)14-4-3-5-17(11-14)28(31)32/h1-12H,13H2,(H,26,29)(H,27,30)/b25-12+. The zero-order valence-electron chi connectivity index (χ0n) is 16.8. The van der Waals surface area contributed by atoms with Gasteiger partial charge in [-0.2, -0.15) is 5.10 Å². The quantitative estimate of drug-likeness (QED) is 0.271. The van der Waals surface area contributed by atoms with Gasteiger partial charge in [0, 0.05) is 28.3 Å². The summed E-state index contributed by atoms with van der Waals surface area (Å²) in [6.45, 7) is -0.312. The molecule has 9 nitrogen and oxygen atoms in total. The second-order valence-corrected chi connectivity index (χ2v) is 7.35. The zero-order chi connectivity index (χ0) is 23.8. The van der Waals surface area contributed by atoms with Gasteiger partial charge < -0.3 is 10.1 Å². The van der Waals surface area contributed by atoms with Crippen molar-refractivity contribution in [2.75, 3.05) is 11.9 Å². The lowest BCUT2D eigenvalue weighted by atomic mass is 10.2. The number of halogens is 2. The van der Waals surface area contributed by atoms with Crippen LogP contribution in [0.1, 0.15) is 15.9 Å². The number of hydrazone groups is 1. The maximum Gasteiger partial charge on any atom is 0.271 e. The summed E-state index contributed by atoms with van der Waals surface area (Å²) in [5.41, 5.74) is 2.98. The molecule has 0 saturated heterocycles. The Hall–Kier alpha value is -3.95. The summed E-state index contributed by atoms with van der Waals surface area (Å²) in [6.07, 6.45) is 1.28. The van der Waals surface area contributed by atoms with Gasteiger partial charge in [0.1, 0.15) is 5.75 Å². The summed E-state index contributed by atoms with van der Waals surface area (Å²) >= 11 is 12.1. The van der Waals surface area contributed by atoms with Gasteiger partial charge in [0.05, 0.1) is 21.8 Å². The second kappa shape index (κ2) is 11.1. The highest BCUT2D eigenvalue weighted by Gasteiger charge is 2.12. The lowest BCUT2D eigenvalue weighted by molar-refractivity contribution is -0.384. The van der Waals surface area contributed by atoms with E-state index >= 15 is 0 Å². The van der Waals surface area contributed by atoms with Crippen LogP contribution in [0.4, 0.5) is 11.4 Å². The number of hydrogen-bond donors (Lipinski definition) is 2. The van der Waals surface area contributed by atoms with Gasteiger partial charge in [0.2, 0.25) is 0 Å². The van der Waals surface area contributed by atoms with Crippen LogP contribution in [0.5, 0.6) is 5.75 Å². The van der Waals surface area contributed by atoms with E-state index in [4.69, 9.17) is 27.9 Å². The molecule has 0 aliphatic rings. The molecule has 0 radical (unpaired) electrons. The largest absolute Gasteiger partial charge is 0.483 e. The van der Waals surface area contributed by atoms with Gasteiger partial charge in [-0.15, -0.1) is 0 Å². The minimum absolute atomic E-state index is 0.0696. The fourth-order valence-corrected chi connectivity index (χ4v) is 2.99. The third-order valence-electron chi connectivity index (χ3n) is 4.17. The van der Waals surface area contributed by atoms with E-state index in [0.29, 0.717) is 27.0 Å². The van der Waals surface area contributed by atoms with Crippen LogP contribution >= 0.6 is 23.2 Å². The monoisotopic (exact) mass is 486 g/mol. The number of amides is 2. The Bertz CT molecular complexity index is 1230. The minimum Gasteiger partial charge on any atom is -0.483 e. The van der Waals surface area contributed by atoms with E-state index < -0.39 is 16.7 Å². The van der Waals surface area contributed by atoms with Crippen molar-refractivity contribution >= 4 is 52.6 Å². The number of carbonyl (C=O) groups is 2. The maximum absolute atomic E-state index is 12.2. The highest BCUT2D eigenvalue weighted by Crippen LogP contribution is 2.23. The van der Waals surface area contributed by atoms with E-state index in [-0.39, 0.29) is 17.9 Å². The number of hydrogen-bond acceptors (Lipinski definition) is 6. The summed E-state index contributed by atoms with van der Waals surface area (Å²) in [6, 6.07) is 16.7. The number of carbonyl (C=O) groups excluding carboxylic acids is 2. The van der Waals surface area contributed by atoms with E-state index in [1.807, 2.05) is 0 Å². The lowest BCUT2D eigenvalue weighted by Gasteiger charge is -2.10. The molecule has 0 atom stereocenters. The first-order valence-electron chi connectivity index (χ1n) is 9.38. The van der Waals surface area contributed by atoms with Gasteiger partial charge >= 0.3 is 0 Å². The van der Waals surface area contributed by atoms with Crippen molar-refractivity contribution in [3.63, 3.8) is 0 Å². The Morgan fingerprint density at radius 2 is 1.85 bits per heavy atom. The molecule has 168 valence electrons. The van der Waals surface area contributed by atoms with E-state index in [0.717, 1.165) is 6.07 Å². The Morgan fingerprint density at radius 1 is 1.06 bits per heavy atom. The van der Waals surface area contributed by atoms with Crippen molar-refractivity contribution in [2.45, 2.75) is 0 Å². The lowest BCUT2D eigenvalue weighted by Crippen LogP contribution is -2.21. The first-order valence-corrected chi connectivity index (χ1v) is 10.1. The first kappa shape index (κ1) is 23.7. The molecule has 33 heavy (non-hydrogen) atoms. The van der Waals surface area contributed by atoms with Crippen molar-refractivity contribution < 1.29 is 19.2 Å². The molecule has 0 aliphatic carbocycles. The molecule has 2 N–H and O–H groups in total. The minimum atomic E-state index is -0.640. The van der Waals surface area contributed by atoms with Crippen LogP contribution in [0.2, 0.25) is 10.0 Å². The molecule has 0 bridgehead atoms. The topological polar surface area (TPSA) is 123 Å². The molecule has 0 unspecified atom stereocenters. The fourth-order valence-electron chi connectivity index (χ4n) is 2.63. The van der Waals surface area contributed by atoms with Crippen LogP contribution in [0.3, 0.4) is 0 Å². The predicted molar refractivity (Wildman–Crippen MR) is 125 cm³/mol. The number of nitro benzene ring substituents is 1. The van der Waals surface area contributed by atoms with Crippen molar-refractivity contribution in [3.05, 3.63) is 98.0 Å². The zero-order valence-corrected chi connectivity index (χ0v) is 18.3. The molecule has 3 aromatic rings. The van der Waals surface area contributed by atoms with Crippen LogP contribution in [-0.2, 0) is 4.79 Å². The summed E-state index contributed by atoms with van der Waals surface area (Å²) in [5, 5.41) is 18.1. The molecular weight excluding hydrogens is 471 g/mol. The Kier molecular flexibility index (Phi) is 7.96. The van der Waals surface area contributed by atoms with Crippen LogP contribution in [0.25, 0.3) is 0 Å². The average molecular weight is 487 g/mol. The summed E-state index contributed by atoms with van der Waals surface area (Å²) in [4.78, 5) is 34.7. The molecule has 0 spiro atoms. The molecular formula is C22H16Cl2N4O5.